The van der Waals surface area contributed by atoms with Gasteiger partial charge in [-0.25, -0.2) is 0 Å². The number of benzene rings is 1. The van der Waals surface area contributed by atoms with E-state index in [-0.39, 0.29) is 0 Å². The summed E-state index contributed by atoms with van der Waals surface area (Å²) in [6.07, 6.45) is 3.98. The highest BCUT2D eigenvalue weighted by molar-refractivity contribution is 5.81. The Balaban J connectivity index is 2.38. The van der Waals surface area contributed by atoms with Gasteiger partial charge in [0.15, 0.2) is 0 Å². The summed E-state index contributed by atoms with van der Waals surface area (Å²) in [6, 6.07) is 6.44. The van der Waals surface area contributed by atoms with Crippen LogP contribution in [0.1, 0.15) is 18.1 Å². The molecule has 80 valence electrons. The predicted molar refractivity (Wildman–Crippen MR) is 63.2 cm³/mol. The fraction of sp³-hybridized carbons (Fsp3) is 0.385. The van der Waals surface area contributed by atoms with Crippen LogP contribution in [0.4, 0.5) is 0 Å². The molecule has 0 fully saturated rings. The third kappa shape index (κ3) is 2.05. The minimum absolute atomic E-state index is 0.991. The molecular formula is C13H17NO. The molecule has 0 spiro atoms. The minimum atomic E-state index is 0.991. The van der Waals surface area contributed by atoms with E-state index in [2.05, 4.69) is 30.4 Å². The van der Waals surface area contributed by atoms with E-state index >= 15 is 0 Å². The molecule has 2 rings (SSSR count). The maximum absolute atomic E-state index is 5.52. The van der Waals surface area contributed by atoms with E-state index in [1.165, 1.54) is 16.5 Å². The summed E-state index contributed by atoms with van der Waals surface area (Å²) in [6.45, 7) is 3.17. The van der Waals surface area contributed by atoms with Crippen molar-refractivity contribution >= 4 is 11.0 Å². The Morgan fingerprint density at radius 2 is 2.20 bits per heavy atom. The molecule has 1 aromatic carbocycles. The van der Waals surface area contributed by atoms with E-state index < -0.39 is 0 Å². The van der Waals surface area contributed by atoms with E-state index in [0.717, 1.165) is 25.0 Å². The Morgan fingerprint density at radius 1 is 1.33 bits per heavy atom. The zero-order chi connectivity index (χ0) is 10.7. The molecule has 0 atom stereocenters. The van der Waals surface area contributed by atoms with Gasteiger partial charge in [0.1, 0.15) is 5.58 Å². The van der Waals surface area contributed by atoms with Gasteiger partial charge in [0.2, 0.25) is 0 Å². The van der Waals surface area contributed by atoms with Crippen molar-refractivity contribution in [3.63, 3.8) is 0 Å². The maximum atomic E-state index is 5.52. The first-order valence-electron chi connectivity index (χ1n) is 5.48. The fourth-order valence-corrected chi connectivity index (χ4v) is 1.80. The molecule has 1 N–H and O–H groups in total. The number of nitrogens with one attached hydrogen (secondary N) is 1. The first-order chi connectivity index (χ1) is 7.35. The lowest BCUT2D eigenvalue weighted by Gasteiger charge is -1.99. The number of aryl methyl sites for hydroxylation is 1. The second-order valence-electron chi connectivity index (χ2n) is 3.80. The van der Waals surface area contributed by atoms with Gasteiger partial charge in [-0.1, -0.05) is 13.0 Å². The SMILES string of the molecule is CCc1ccc2occ(CCNC)c2c1. The average molecular weight is 203 g/mol. The Hall–Kier alpha value is -1.28. The molecule has 0 aliphatic heterocycles. The zero-order valence-electron chi connectivity index (χ0n) is 9.34. The van der Waals surface area contributed by atoms with E-state index in [1.54, 1.807) is 0 Å². The van der Waals surface area contributed by atoms with Crippen LogP contribution in [-0.2, 0) is 12.8 Å². The monoisotopic (exact) mass is 203 g/mol. The smallest absolute Gasteiger partial charge is 0.134 e. The molecule has 0 saturated carbocycles. The number of fused-ring (bicyclic) bond motifs is 1. The van der Waals surface area contributed by atoms with E-state index in [9.17, 15) is 0 Å². The van der Waals surface area contributed by atoms with Crippen LogP contribution < -0.4 is 5.32 Å². The normalized spacial score (nSPS) is 11.1. The Morgan fingerprint density at radius 3 is 2.93 bits per heavy atom. The second kappa shape index (κ2) is 4.49. The summed E-state index contributed by atoms with van der Waals surface area (Å²) in [5.74, 6) is 0. The molecule has 1 aromatic heterocycles. The van der Waals surface area contributed by atoms with Gasteiger partial charge in [-0.3, -0.25) is 0 Å². The molecule has 2 aromatic rings. The number of hydrogen-bond acceptors (Lipinski definition) is 2. The quantitative estimate of drug-likeness (QED) is 0.826. The molecule has 1 heterocycles. The van der Waals surface area contributed by atoms with Crippen molar-refractivity contribution < 1.29 is 4.42 Å². The van der Waals surface area contributed by atoms with Crippen LogP contribution in [0, 0.1) is 0 Å². The lowest BCUT2D eigenvalue weighted by molar-refractivity contribution is 0.608. The third-order valence-corrected chi connectivity index (χ3v) is 2.77. The van der Waals surface area contributed by atoms with Crippen molar-refractivity contribution in [1.82, 2.24) is 5.32 Å². The average Bonchev–Trinajstić information content (AvgIpc) is 2.68. The molecular weight excluding hydrogens is 186 g/mol. The van der Waals surface area contributed by atoms with Crippen molar-refractivity contribution in [3.8, 4) is 0 Å². The molecule has 0 aliphatic rings. The zero-order valence-corrected chi connectivity index (χ0v) is 9.34. The molecule has 0 amide bonds. The van der Waals surface area contributed by atoms with Crippen molar-refractivity contribution in [1.29, 1.82) is 0 Å². The van der Waals surface area contributed by atoms with Crippen LogP contribution >= 0.6 is 0 Å². The first-order valence-corrected chi connectivity index (χ1v) is 5.48. The van der Waals surface area contributed by atoms with E-state index in [4.69, 9.17) is 4.42 Å². The topological polar surface area (TPSA) is 25.2 Å². The fourth-order valence-electron chi connectivity index (χ4n) is 1.80. The maximum Gasteiger partial charge on any atom is 0.134 e. The Kier molecular flexibility index (Phi) is 3.07. The van der Waals surface area contributed by atoms with Crippen molar-refractivity contribution in [2.24, 2.45) is 0 Å². The first kappa shape index (κ1) is 10.2. The standard InChI is InChI=1S/C13H17NO/c1-3-10-4-5-13-12(8-10)11(9-15-13)6-7-14-2/h4-5,8-9,14H,3,6-7H2,1-2H3. The highest BCUT2D eigenvalue weighted by atomic mass is 16.3. The van der Waals surface area contributed by atoms with Crippen LogP contribution in [0.25, 0.3) is 11.0 Å². The van der Waals surface area contributed by atoms with Gasteiger partial charge < -0.3 is 9.73 Å². The molecule has 0 unspecified atom stereocenters. The lowest BCUT2D eigenvalue weighted by Crippen LogP contribution is -2.09. The lowest BCUT2D eigenvalue weighted by atomic mass is 10.1. The Labute approximate surface area is 90.3 Å². The number of furan rings is 1. The van der Waals surface area contributed by atoms with Gasteiger partial charge in [0.25, 0.3) is 0 Å². The molecule has 0 bridgehead atoms. The third-order valence-electron chi connectivity index (χ3n) is 2.77. The molecule has 0 aliphatic carbocycles. The summed E-state index contributed by atoms with van der Waals surface area (Å²) in [5, 5.41) is 4.43. The molecule has 2 heteroatoms. The van der Waals surface area contributed by atoms with Gasteiger partial charge >= 0.3 is 0 Å². The highest BCUT2D eigenvalue weighted by Gasteiger charge is 2.05. The summed E-state index contributed by atoms with van der Waals surface area (Å²) < 4.78 is 5.52. The van der Waals surface area contributed by atoms with E-state index in [1.807, 2.05) is 13.3 Å². The summed E-state index contributed by atoms with van der Waals surface area (Å²) in [4.78, 5) is 0. The van der Waals surface area contributed by atoms with Crippen molar-refractivity contribution in [2.45, 2.75) is 19.8 Å². The summed E-state index contributed by atoms with van der Waals surface area (Å²) >= 11 is 0. The molecule has 2 nitrogen and oxygen atoms in total. The summed E-state index contributed by atoms with van der Waals surface area (Å²) in [5.41, 5.74) is 3.67. The second-order valence-corrected chi connectivity index (χ2v) is 3.80. The van der Waals surface area contributed by atoms with Crippen LogP contribution in [0.2, 0.25) is 0 Å². The number of rotatable bonds is 4. The Bertz CT molecular complexity index is 445. The van der Waals surface area contributed by atoms with Gasteiger partial charge in [-0.15, -0.1) is 0 Å². The van der Waals surface area contributed by atoms with Crippen LogP contribution in [-0.4, -0.2) is 13.6 Å². The van der Waals surface area contributed by atoms with Gasteiger partial charge in [0.05, 0.1) is 6.26 Å². The summed E-state index contributed by atoms with van der Waals surface area (Å²) in [7, 11) is 1.97. The van der Waals surface area contributed by atoms with Gasteiger partial charge in [-0.2, -0.15) is 0 Å². The van der Waals surface area contributed by atoms with Crippen LogP contribution in [0.3, 0.4) is 0 Å². The van der Waals surface area contributed by atoms with E-state index in [0.29, 0.717) is 0 Å². The van der Waals surface area contributed by atoms with Crippen LogP contribution in [0.5, 0.6) is 0 Å². The molecule has 0 radical (unpaired) electrons. The molecule has 0 saturated heterocycles. The molecule has 15 heavy (non-hydrogen) atoms. The predicted octanol–water partition coefficient (Wildman–Crippen LogP) is 2.76. The minimum Gasteiger partial charge on any atom is -0.464 e. The largest absolute Gasteiger partial charge is 0.464 e. The number of hydrogen-bond donors (Lipinski definition) is 1. The van der Waals surface area contributed by atoms with Gasteiger partial charge in [-0.05, 0) is 49.7 Å². The van der Waals surface area contributed by atoms with Gasteiger partial charge in [0, 0.05) is 5.39 Å². The number of likely N-dealkylation sites (N-methyl/N-ethyl adjacent to an activating group) is 1. The van der Waals surface area contributed by atoms with Crippen molar-refractivity contribution in [3.05, 3.63) is 35.6 Å². The highest BCUT2D eigenvalue weighted by Crippen LogP contribution is 2.23. The van der Waals surface area contributed by atoms with Crippen LogP contribution in [0.15, 0.2) is 28.9 Å². The van der Waals surface area contributed by atoms with Crippen molar-refractivity contribution in [2.75, 3.05) is 13.6 Å².